The first-order valence-corrected chi connectivity index (χ1v) is 7.61. The quantitative estimate of drug-likeness (QED) is 0.618. The van der Waals surface area contributed by atoms with E-state index in [1.807, 2.05) is 11.8 Å². The standard InChI is InChI=1S/C16H21FN6/c1-4-13(10-18)14(11-19-5-2)23-8-6-16(17,7-9-23)15-21-20-12-22(15)3/h5,11-12H,2,4,6-9H2,1,3H3/b14-13-,19-11?. The van der Waals surface area contributed by atoms with Gasteiger partial charge in [0, 0.05) is 39.2 Å². The molecular weight excluding hydrogens is 295 g/mol. The van der Waals surface area contributed by atoms with Gasteiger partial charge in [0.1, 0.15) is 6.33 Å². The van der Waals surface area contributed by atoms with Crippen molar-refractivity contribution in [1.82, 2.24) is 19.7 Å². The van der Waals surface area contributed by atoms with E-state index >= 15 is 4.39 Å². The van der Waals surface area contributed by atoms with Gasteiger partial charge in [0.05, 0.1) is 23.6 Å². The Kier molecular flexibility index (Phi) is 5.27. The van der Waals surface area contributed by atoms with E-state index in [-0.39, 0.29) is 0 Å². The van der Waals surface area contributed by atoms with Crippen molar-refractivity contribution in [2.45, 2.75) is 31.9 Å². The first kappa shape index (κ1) is 16.9. The number of nitriles is 1. The number of nitrogens with zero attached hydrogens (tertiary/aromatic N) is 6. The molecule has 2 rings (SSSR count). The van der Waals surface area contributed by atoms with Crippen LogP contribution in [-0.4, -0.2) is 39.0 Å². The Balaban J connectivity index is 2.21. The molecular formula is C16H21FN6. The number of alkyl halides is 1. The van der Waals surface area contributed by atoms with Crippen LogP contribution in [0.2, 0.25) is 0 Å². The van der Waals surface area contributed by atoms with Gasteiger partial charge in [-0.3, -0.25) is 4.99 Å². The highest BCUT2D eigenvalue weighted by Crippen LogP contribution is 2.36. The van der Waals surface area contributed by atoms with Gasteiger partial charge in [-0.05, 0) is 6.42 Å². The second-order valence-electron chi connectivity index (χ2n) is 5.51. The number of piperidine rings is 1. The van der Waals surface area contributed by atoms with Gasteiger partial charge in [-0.1, -0.05) is 13.5 Å². The maximum atomic E-state index is 15.2. The minimum atomic E-state index is -1.48. The zero-order valence-electron chi connectivity index (χ0n) is 13.5. The van der Waals surface area contributed by atoms with Crippen molar-refractivity contribution in [3.63, 3.8) is 0 Å². The SMILES string of the molecule is C=CN=C/C(=C(/C#N)CC)N1CCC(F)(c2nncn2C)CC1. The third-order valence-corrected chi connectivity index (χ3v) is 4.11. The van der Waals surface area contributed by atoms with Gasteiger partial charge < -0.3 is 9.47 Å². The Morgan fingerprint density at radius 3 is 2.74 bits per heavy atom. The zero-order chi connectivity index (χ0) is 16.9. The van der Waals surface area contributed by atoms with E-state index in [2.05, 4.69) is 27.8 Å². The Labute approximate surface area is 135 Å². The second kappa shape index (κ2) is 7.18. The van der Waals surface area contributed by atoms with Gasteiger partial charge in [-0.15, -0.1) is 10.2 Å². The summed E-state index contributed by atoms with van der Waals surface area (Å²) in [6, 6.07) is 2.21. The average molecular weight is 316 g/mol. The van der Waals surface area contributed by atoms with Crippen LogP contribution >= 0.6 is 0 Å². The van der Waals surface area contributed by atoms with Gasteiger partial charge in [0.25, 0.3) is 0 Å². The van der Waals surface area contributed by atoms with Crippen LogP contribution < -0.4 is 0 Å². The van der Waals surface area contributed by atoms with Gasteiger partial charge in [-0.25, -0.2) is 4.39 Å². The molecule has 0 bridgehead atoms. The highest BCUT2D eigenvalue weighted by Gasteiger charge is 2.40. The number of allylic oxidation sites excluding steroid dienone is 2. The summed E-state index contributed by atoms with van der Waals surface area (Å²) in [6.45, 7) is 6.46. The first-order chi connectivity index (χ1) is 11.1. The van der Waals surface area contributed by atoms with Crippen LogP contribution in [0.5, 0.6) is 0 Å². The number of hydrogen-bond donors (Lipinski definition) is 0. The molecule has 1 fully saturated rings. The molecule has 0 spiro atoms. The van der Waals surface area contributed by atoms with Gasteiger partial charge >= 0.3 is 0 Å². The second-order valence-corrected chi connectivity index (χ2v) is 5.51. The van der Waals surface area contributed by atoms with Crippen LogP contribution in [0, 0.1) is 11.3 Å². The fourth-order valence-electron chi connectivity index (χ4n) is 2.81. The van der Waals surface area contributed by atoms with Crippen LogP contribution in [0.4, 0.5) is 4.39 Å². The smallest absolute Gasteiger partial charge is 0.173 e. The van der Waals surface area contributed by atoms with Gasteiger partial charge in [0.2, 0.25) is 0 Å². The Morgan fingerprint density at radius 1 is 1.57 bits per heavy atom. The van der Waals surface area contributed by atoms with Crippen LogP contribution in [0.15, 0.2) is 35.4 Å². The average Bonchev–Trinajstić information content (AvgIpc) is 2.99. The molecule has 0 aliphatic carbocycles. The highest BCUT2D eigenvalue weighted by atomic mass is 19.1. The maximum Gasteiger partial charge on any atom is 0.173 e. The Bertz CT molecular complexity index is 658. The van der Waals surface area contributed by atoms with Crippen LogP contribution in [0.3, 0.4) is 0 Å². The van der Waals surface area contributed by atoms with E-state index in [0.717, 1.165) is 5.70 Å². The third-order valence-electron chi connectivity index (χ3n) is 4.11. The number of halogens is 1. The third kappa shape index (κ3) is 3.47. The number of aromatic nitrogens is 3. The van der Waals surface area contributed by atoms with Gasteiger partial charge in [0.15, 0.2) is 11.5 Å². The predicted molar refractivity (Wildman–Crippen MR) is 86.2 cm³/mol. The van der Waals surface area contributed by atoms with Crippen molar-refractivity contribution in [3.05, 3.63) is 36.2 Å². The summed E-state index contributed by atoms with van der Waals surface area (Å²) in [5.41, 5.74) is -0.0999. The normalized spacial score (nSPS) is 18.6. The van der Waals surface area contributed by atoms with E-state index in [9.17, 15) is 5.26 Å². The van der Waals surface area contributed by atoms with Crippen molar-refractivity contribution in [2.24, 2.45) is 12.0 Å². The van der Waals surface area contributed by atoms with Crippen molar-refractivity contribution in [3.8, 4) is 6.07 Å². The van der Waals surface area contributed by atoms with E-state index in [0.29, 0.717) is 43.7 Å². The molecule has 23 heavy (non-hydrogen) atoms. The monoisotopic (exact) mass is 316 g/mol. The molecule has 0 saturated carbocycles. The molecule has 0 N–H and O–H groups in total. The Morgan fingerprint density at radius 2 is 2.26 bits per heavy atom. The number of aryl methyl sites for hydroxylation is 1. The summed E-state index contributed by atoms with van der Waals surface area (Å²) >= 11 is 0. The molecule has 1 aromatic heterocycles. The van der Waals surface area contributed by atoms with Crippen molar-refractivity contribution >= 4 is 6.21 Å². The van der Waals surface area contributed by atoms with Crippen LogP contribution in [-0.2, 0) is 12.7 Å². The fourth-order valence-corrected chi connectivity index (χ4v) is 2.81. The summed E-state index contributed by atoms with van der Waals surface area (Å²) in [7, 11) is 1.75. The first-order valence-electron chi connectivity index (χ1n) is 7.61. The predicted octanol–water partition coefficient (Wildman–Crippen LogP) is 2.48. The number of likely N-dealkylation sites (tertiary alicyclic amines) is 1. The number of hydrogen-bond acceptors (Lipinski definition) is 5. The van der Waals surface area contributed by atoms with E-state index in [1.54, 1.807) is 17.8 Å². The zero-order valence-corrected chi connectivity index (χ0v) is 13.5. The maximum absolute atomic E-state index is 15.2. The van der Waals surface area contributed by atoms with E-state index in [4.69, 9.17) is 0 Å². The van der Waals surface area contributed by atoms with Gasteiger partial charge in [-0.2, -0.15) is 5.26 Å². The largest absolute Gasteiger partial charge is 0.369 e. The topological polar surface area (TPSA) is 70.1 Å². The summed E-state index contributed by atoms with van der Waals surface area (Å²) in [6.07, 6.45) is 5.77. The lowest BCUT2D eigenvalue weighted by Gasteiger charge is -2.37. The molecule has 0 amide bonds. The molecule has 1 aromatic rings. The molecule has 0 aromatic carbocycles. The minimum Gasteiger partial charge on any atom is -0.369 e. The summed E-state index contributed by atoms with van der Waals surface area (Å²) < 4.78 is 16.8. The molecule has 0 radical (unpaired) electrons. The lowest BCUT2D eigenvalue weighted by atomic mass is 9.91. The molecule has 1 aliphatic heterocycles. The van der Waals surface area contributed by atoms with Crippen molar-refractivity contribution < 1.29 is 4.39 Å². The van der Waals surface area contributed by atoms with Crippen molar-refractivity contribution in [1.29, 1.82) is 5.26 Å². The number of aliphatic imine (C=N–C) groups is 1. The van der Waals surface area contributed by atoms with Crippen LogP contribution in [0.25, 0.3) is 0 Å². The molecule has 0 atom stereocenters. The molecule has 7 heteroatoms. The lowest BCUT2D eigenvalue weighted by molar-refractivity contribution is 0.0611. The molecule has 122 valence electrons. The molecule has 6 nitrogen and oxygen atoms in total. The van der Waals surface area contributed by atoms with E-state index < -0.39 is 5.67 Å². The summed E-state index contributed by atoms with van der Waals surface area (Å²) in [5, 5.41) is 17.0. The number of rotatable bonds is 5. The molecule has 2 heterocycles. The molecule has 1 saturated heterocycles. The minimum absolute atomic E-state index is 0.299. The van der Waals surface area contributed by atoms with Crippen molar-refractivity contribution in [2.75, 3.05) is 13.1 Å². The fraction of sp³-hybridized carbons (Fsp3) is 0.500. The van der Waals surface area contributed by atoms with E-state index in [1.165, 1.54) is 12.5 Å². The molecule has 1 aliphatic rings. The van der Waals surface area contributed by atoms with Crippen LogP contribution in [0.1, 0.15) is 32.0 Å². The lowest BCUT2D eigenvalue weighted by Crippen LogP contribution is -2.41. The summed E-state index contributed by atoms with van der Waals surface area (Å²) in [5.74, 6) is 0.360. The Hall–Kier alpha value is -2.49. The molecule has 0 unspecified atom stereocenters. The highest BCUT2D eigenvalue weighted by molar-refractivity contribution is 5.80. The summed E-state index contributed by atoms with van der Waals surface area (Å²) in [4.78, 5) is 6.04.